The van der Waals surface area contributed by atoms with Gasteiger partial charge in [-0.15, -0.1) is 0 Å². The van der Waals surface area contributed by atoms with Gasteiger partial charge < -0.3 is 20.3 Å². The van der Waals surface area contributed by atoms with Gasteiger partial charge in [0, 0.05) is 12.1 Å². The minimum atomic E-state index is -6.02. The Labute approximate surface area is 250 Å². The molecule has 0 spiro atoms. The molecule has 3 rings (SSSR count). The summed E-state index contributed by atoms with van der Waals surface area (Å²) in [6, 6.07) is 6.34. The van der Waals surface area contributed by atoms with Gasteiger partial charge in [-0.25, -0.2) is 9.59 Å². The van der Waals surface area contributed by atoms with Crippen molar-refractivity contribution in [2.24, 2.45) is 0 Å². The summed E-state index contributed by atoms with van der Waals surface area (Å²) in [5.74, 6) is -1.64. The first-order valence-electron chi connectivity index (χ1n) is 14.0. The highest BCUT2D eigenvalue weighted by atomic mass is 19.4. The first-order chi connectivity index (χ1) is 20.4. The van der Waals surface area contributed by atoms with E-state index in [1.54, 1.807) is 13.8 Å². The van der Waals surface area contributed by atoms with E-state index in [0.717, 1.165) is 4.90 Å². The van der Waals surface area contributed by atoms with E-state index < -0.39 is 47.0 Å². The number of nitrogens with zero attached hydrogens (tertiary/aromatic N) is 1. The lowest BCUT2D eigenvalue weighted by atomic mass is 9.87. The van der Waals surface area contributed by atoms with Gasteiger partial charge in [-0.05, 0) is 73.6 Å². The molecule has 242 valence electrons. The van der Waals surface area contributed by atoms with Crippen LogP contribution >= 0.6 is 0 Å². The standard InChI is InChI=1S/C30H34F6N2O6/c1-4-9-18-15-22(28(43,29(31,32)33)30(34,35)36)16-19(10-5-2)23(18)44-14-7-6-13-38-25(41)27(3,37-26(38)42)21-12-8-11-20(17-21)24(39)40/h8,11-12,15-17,43H,4-7,9-10,13-14H2,1-3H3,(H,37,42)(H,39,40). The number of amides is 3. The highest BCUT2D eigenvalue weighted by molar-refractivity contribution is 6.07. The molecule has 8 nitrogen and oxygen atoms in total. The predicted octanol–water partition coefficient (Wildman–Crippen LogP) is 6.23. The van der Waals surface area contributed by atoms with Gasteiger partial charge in [0.2, 0.25) is 0 Å². The number of alkyl halides is 6. The molecule has 1 heterocycles. The number of unbranched alkanes of at least 4 members (excludes halogenated alkanes) is 1. The second kappa shape index (κ2) is 13.0. The quantitative estimate of drug-likeness (QED) is 0.137. The average Bonchev–Trinajstić information content (AvgIpc) is 3.16. The molecule has 1 unspecified atom stereocenters. The normalized spacial score (nSPS) is 17.6. The van der Waals surface area contributed by atoms with Crippen LogP contribution in [0.15, 0.2) is 36.4 Å². The Bertz CT molecular complexity index is 1350. The molecule has 14 heteroatoms. The fourth-order valence-electron chi connectivity index (χ4n) is 5.15. The number of aliphatic hydroxyl groups is 1. The van der Waals surface area contributed by atoms with Crippen LogP contribution in [-0.4, -0.2) is 58.5 Å². The van der Waals surface area contributed by atoms with Crippen molar-refractivity contribution in [3.63, 3.8) is 0 Å². The van der Waals surface area contributed by atoms with Crippen molar-refractivity contribution in [2.75, 3.05) is 13.2 Å². The molecule has 0 aliphatic carbocycles. The topological polar surface area (TPSA) is 116 Å². The molecule has 1 fully saturated rings. The average molecular weight is 633 g/mol. The highest BCUT2D eigenvalue weighted by Gasteiger charge is 2.71. The minimum absolute atomic E-state index is 0.0167. The number of hydrogen-bond acceptors (Lipinski definition) is 5. The number of rotatable bonds is 13. The Kier molecular flexibility index (Phi) is 10.3. The van der Waals surface area contributed by atoms with E-state index in [0.29, 0.717) is 30.5 Å². The summed E-state index contributed by atoms with van der Waals surface area (Å²) in [4.78, 5) is 38.1. The number of benzene rings is 2. The van der Waals surface area contributed by atoms with Crippen LogP contribution in [0.4, 0.5) is 31.1 Å². The Morgan fingerprint density at radius 2 is 1.52 bits per heavy atom. The minimum Gasteiger partial charge on any atom is -0.493 e. The lowest BCUT2D eigenvalue weighted by Crippen LogP contribution is -2.54. The Morgan fingerprint density at radius 1 is 0.955 bits per heavy atom. The number of aryl methyl sites for hydroxylation is 2. The molecule has 0 saturated carbocycles. The third-order valence-corrected chi connectivity index (χ3v) is 7.50. The molecule has 0 bridgehead atoms. The molecule has 0 radical (unpaired) electrons. The van der Waals surface area contributed by atoms with Gasteiger partial charge in [0.05, 0.1) is 12.2 Å². The van der Waals surface area contributed by atoms with Gasteiger partial charge in [0.1, 0.15) is 11.3 Å². The maximum absolute atomic E-state index is 13.6. The summed E-state index contributed by atoms with van der Waals surface area (Å²) in [5, 5.41) is 21.9. The van der Waals surface area contributed by atoms with E-state index in [4.69, 9.17) is 4.74 Å². The number of hydrogen-bond donors (Lipinski definition) is 3. The monoisotopic (exact) mass is 632 g/mol. The number of carbonyl (C=O) groups is 3. The van der Waals surface area contributed by atoms with Crippen LogP contribution in [0, 0.1) is 0 Å². The smallest absolute Gasteiger partial charge is 0.430 e. The molecule has 2 aromatic rings. The zero-order valence-electron chi connectivity index (χ0n) is 24.4. The molecular formula is C30H34F6N2O6. The molecule has 1 saturated heterocycles. The number of imide groups is 1. The van der Waals surface area contributed by atoms with Crippen LogP contribution in [0.3, 0.4) is 0 Å². The van der Waals surface area contributed by atoms with Gasteiger partial charge in [0.15, 0.2) is 0 Å². The van der Waals surface area contributed by atoms with Crippen LogP contribution in [0.1, 0.15) is 79.1 Å². The van der Waals surface area contributed by atoms with Gasteiger partial charge >= 0.3 is 24.4 Å². The van der Waals surface area contributed by atoms with Crippen molar-refractivity contribution in [1.82, 2.24) is 10.2 Å². The predicted molar refractivity (Wildman–Crippen MR) is 146 cm³/mol. The van der Waals surface area contributed by atoms with Crippen LogP contribution in [0.5, 0.6) is 5.75 Å². The molecule has 2 aromatic carbocycles. The Balaban J connectivity index is 1.76. The summed E-state index contributed by atoms with van der Waals surface area (Å²) < 4.78 is 87.5. The molecule has 3 amide bonds. The number of carbonyl (C=O) groups excluding carboxylic acids is 2. The van der Waals surface area contributed by atoms with Gasteiger partial charge in [-0.3, -0.25) is 9.69 Å². The highest BCUT2D eigenvalue weighted by Crippen LogP contribution is 2.51. The zero-order valence-corrected chi connectivity index (χ0v) is 24.4. The molecule has 1 atom stereocenters. The van der Waals surface area contributed by atoms with Crippen molar-refractivity contribution in [1.29, 1.82) is 0 Å². The number of urea groups is 1. The van der Waals surface area contributed by atoms with Crippen LogP contribution in [0.25, 0.3) is 0 Å². The number of carboxylic acids is 1. The van der Waals surface area contributed by atoms with E-state index in [1.807, 2.05) is 0 Å². The fourth-order valence-corrected chi connectivity index (χ4v) is 5.15. The molecule has 1 aliphatic heterocycles. The zero-order chi connectivity index (χ0) is 33.1. The Morgan fingerprint density at radius 3 is 2.02 bits per heavy atom. The van der Waals surface area contributed by atoms with E-state index in [1.165, 1.54) is 31.2 Å². The summed E-state index contributed by atoms with van der Waals surface area (Å²) in [6.07, 6.45) is -10.6. The first kappa shape index (κ1) is 34.7. The van der Waals surface area contributed by atoms with E-state index in [-0.39, 0.29) is 61.3 Å². The fraction of sp³-hybridized carbons (Fsp3) is 0.500. The lowest BCUT2D eigenvalue weighted by Gasteiger charge is -2.33. The third-order valence-electron chi connectivity index (χ3n) is 7.50. The van der Waals surface area contributed by atoms with Gasteiger partial charge in [0.25, 0.3) is 11.5 Å². The van der Waals surface area contributed by atoms with Crippen molar-refractivity contribution < 1.29 is 55.7 Å². The van der Waals surface area contributed by atoms with E-state index >= 15 is 0 Å². The van der Waals surface area contributed by atoms with Crippen molar-refractivity contribution in [2.45, 2.75) is 82.8 Å². The molecule has 44 heavy (non-hydrogen) atoms. The van der Waals surface area contributed by atoms with Gasteiger partial charge in [-0.1, -0.05) is 38.8 Å². The number of nitrogens with one attached hydrogen (secondary N) is 1. The lowest BCUT2D eigenvalue weighted by molar-refractivity contribution is -0.376. The van der Waals surface area contributed by atoms with Gasteiger partial charge in [-0.2, -0.15) is 26.3 Å². The van der Waals surface area contributed by atoms with Crippen LogP contribution < -0.4 is 10.1 Å². The summed E-state index contributed by atoms with van der Waals surface area (Å²) >= 11 is 0. The van der Waals surface area contributed by atoms with Crippen LogP contribution in [-0.2, 0) is 28.8 Å². The van der Waals surface area contributed by atoms with E-state index in [2.05, 4.69) is 5.32 Å². The molecule has 3 N–H and O–H groups in total. The van der Waals surface area contributed by atoms with Crippen molar-refractivity contribution in [3.05, 3.63) is 64.2 Å². The maximum Gasteiger partial charge on any atom is 0.430 e. The summed E-state index contributed by atoms with van der Waals surface area (Å²) in [7, 11) is 0. The van der Waals surface area contributed by atoms with Crippen molar-refractivity contribution >= 4 is 17.9 Å². The summed E-state index contributed by atoms with van der Waals surface area (Å²) in [5.41, 5.74) is -7.45. The number of halogens is 6. The first-order valence-corrected chi connectivity index (χ1v) is 14.0. The van der Waals surface area contributed by atoms with E-state index in [9.17, 15) is 50.9 Å². The largest absolute Gasteiger partial charge is 0.493 e. The van der Waals surface area contributed by atoms with Crippen molar-refractivity contribution in [3.8, 4) is 5.75 Å². The second-order valence-electron chi connectivity index (χ2n) is 10.8. The SMILES string of the molecule is CCCc1cc(C(O)(C(F)(F)F)C(F)(F)F)cc(CCC)c1OCCCCN1C(=O)NC(C)(c2cccc(C(=O)O)c2)C1=O. The Hall–Kier alpha value is -3.81. The number of carboxylic acid groups (broad SMARTS) is 1. The summed E-state index contributed by atoms with van der Waals surface area (Å²) in [6.45, 7) is 4.81. The van der Waals surface area contributed by atoms with Crippen LogP contribution in [0.2, 0.25) is 0 Å². The second-order valence-corrected chi connectivity index (χ2v) is 10.8. The number of ether oxygens (including phenoxy) is 1. The third kappa shape index (κ3) is 6.64. The number of aromatic carboxylic acids is 1. The molecular weight excluding hydrogens is 598 g/mol. The maximum atomic E-state index is 13.6. The molecule has 0 aromatic heterocycles. The molecule has 1 aliphatic rings.